The number of halogens is 3. The Balaban J connectivity index is 1.86. The van der Waals surface area contributed by atoms with Gasteiger partial charge in [0.15, 0.2) is 11.4 Å². The average Bonchev–Trinajstić information content (AvgIpc) is 3.12. The highest BCUT2D eigenvalue weighted by molar-refractivity contribution is 6.00. The molecule has 0 radical (unpaired) electrons. The number of fused-ring (bicyclic) bond motifs is 3. The normalized spacial score (nSPS) is 17.2. The summed E-state index contributed by atoms with van der Waals surface area (Å²) in [5, 5.41) is 9.99. The topological polar surface area (TPSA) is 89.8 Å². The number of rotatable bonds is 2. The van der Waals surface area contributed by atoms with Gasteiger partial charge in [0.05, 0.1) is 25.1 Å². The molecule has 0 aliphatic carbocycles. The molecule has 3 heterocycles. The maximum atomic E-state index is 12.9. The van der Waals surface area contributed by atoms with Crippen molar-refractivity contribution in [2.24, 2.45) is 0 Å². The van der Waals surface area contributed by atoms with E-state index in [1.165, 1.54) is 28.9 Å². The second-order valence-electron chi connectivity index (χ2n) is 7.17. The number of aryl methyl sites for hydroxylation is 1. The highest BCUT2D eigenvalue weighted by atomic mass is 19.4. The number of hydrogen-bond acceptors (Lipinski definition) is 6. The minimum Gasteiger partial charge on any atom is -0.404 e. The molecule has 1 aliphatic heterocycles. The third-order valence-corrected chi connectivity index (χ3v) is 4.70. The number of nitrogens with one attached hydrogen (secondary N) is 2. The second-order valence-corrected chi connectivity index (χ2v) is 7.17. The zero-order chi connectivity index (χ0) is 22.2. The van der Waals surface area contributed by atoms with Crippen molar-refractivity contribution in [3.05, 3.63) is 47.3 Å². The number of ether oxygens (including phenoxy) is 2. The zero-order valence-corrected chi connectivity index (χ0v) is 16.8. The molecule has 1 atom stereocenters. The monoisotopic (exact) mass is 435 g/mol. The Morgan fingerprint density at radius 1 is 1.32 bits per heavy atom. The lowest BCUT2D eigenvalue weighted by Crippen LogP contribution is -2.35. The maximum Gasteiger partial charge on any atom is 0.573 e. The molecule has 0 unspecified atom stereocenters. The van der Waals surface area contributed by atoms with E-state index in [0.717, 1.165) is 5.69 Å². The lowest BCUT2D eigenvalue weighted by atomic mass is 10.2. The quantitative estimate of drug-likeness (QED) is 0.640. The van der Waals surface area contributed by atoms with Crippen LogP contribution in [0.25, 0.3) is 5.65 Å². The van der Waals surface area contributed by atoms with E-state index < -0.39 is 12.1 Å². The van der Waals surface area contributed by atoms with Crippen molar-refractivity contribution in [3.8, 4) is 5.75 Å². The highest BCUT2D eigenvalue weighted by Crippen LogP contribution is 2.33. The fourth-order valence-corrected chi connectivity index (χ4v) is 3.31. The van der Waals surface area contributed by atoms with Crippen LogP contribution in [0.4, 0.5) is 24.7 Å². The summed E-state index contributed by atoms with van der Waals surface area (Å²) in [6, 6.07) is 5.60. The van der Waals surface area contributed by atoms with Crippen molar-refractivity contribution in [3.63, 3.8) is 0 Å². The zero-order valence-electron chi connectivity index (χ0n) is 16.8. The predicted octanol–water partition coefficient (Wildman–Crippen LogP) is 3.58. The van der Waals surface area contributed by atoms with Crippen LogP contribution in [-0.4, -0.2) is 39.5 Å². The van der Waals surface area contributed by atoms with Crippen molar-refractivity contribution in [1.29, 1.82) is 0 Å². The van der Waals surface area contributed by atoms with E-state index in [-0.39, 0.29) is 42.2 Å². The molecule has 1 aliphatic rings. The first kappa shape index (κ1) is 20.9. The van der Waals surface area contributed by atoms with Crippen LogP contribution in [-0.2, 0) is 17.8 Å². The second kappa shape index (κ2) is 8.06. The molecule has 1 amide bonds. The lowest BCUT2D eigenvalue weighted by Gasteiger charge is -2.18. The van der Waals surface area contributed by atoms with Crippen molar-refractivity contribution < 1.29 is 27.4 Å². The van der Waals surface area contributed by atoms with Crippen LogP contribution in [0.1, 0.15) is 35.5 Å². The van der Waals surface area contributed by atoms with E-state index in [2.05, 4.69) is 25.5 Å². The molecular formula is C20H20F3N5O3. The van der Waals surface area contributed by atoms with Gasteiger partial charge in [0.1, 0.15) is 11.4 Å². The highest BCUT2D eigenvalue weighted by Gasteiger charge is 2.32. The van der Waals surface area contributed by atoms with E-state index in [9.17, 15) is 18.0 Å². The number of alkyl halides is 3. The van der Waals surface area contributed by atoms with Gasteiger partial charge < -0.3 is 20.1 Å². The first-order chi connectivity index (χ1) is 14.7. The molecule has 31 heavy (non-hydrogen) atoms. The molecule has 164 valence electrons. The van der Waals surface area contributed by atoms with Crippen LogP contribution in [0.3, 0.4) is 0 Å². The number of hydrogen-bond donors (Lipinski definition) is 2. The Kier molecular flexibility index (Phi) is 5.44. The van der Waals surface area contributed by atoms with Gasteiger partial charge in [-0.25, -0.2) is 9.50 Å². The number of carbonyl (C=O) groups is 1. The van der Waals surface area contributed by atoms with Crippen LogP contribution < -0.4 is 15.4 Å². The number of anilines is 2. The fraction of sp³-hybridized carbons (Fsp3) is 0.350. The molecule has 4 bridgehead atoms. The first-order valence-corrected chi connectivity index (χ1v) is 9.65. The summed E-state index contributed by atoms with van der Waals surface area (Å²) in [4.78, 5) is 17.2. The van der Waals surface area contributed by atoms with Crippen LogP contribution in [0.15, 0.2) is 30.5 Å². The van der Waals surface area contributed by atoms with Gasteiger partial charge in [0.25, 0.3) is 5.91 Å². The molecule has 0 saturated heterocycles. The van der Waals surface area contributed by atoms with E-state index in [1.54, 1.807) is 13.0 Å². The number of aromatic nitrogens is 3. The standard InChI is InChI=1S/C20H20F3N5O3/c1-3-13-7-17-26-15-6-12(4-5-16(15)31-20(21,22)23)10-30-9-11(2)25-19(29)14-8-24-28(13)18(14)27-17/h4-8,11H,3,9-10H2,1-2H3,(H,25,29)(H,26,27)/t11-/m1/s1. The molecule has 2 aromatic heterocycles. The Labute approximate surface area is 175 Å². The van der Waals surface area contributed by atoms with Crippen LogP contribution >= 0.6 is 0 Å². The molecule has 0 saturated carbocycles. The summed E-state index contributed by atoms with van der Waals surface area (Å²) in [5.41, 5.74) is 1.98. The third-order valence-electron chi connectivity index (χ3n) is 4.70. The van der Waals surface area contributed by atoms with Gasteiger partial charge in [-0.2, -0.15) is 5.10 Å². The molecule has 0 fully saturated rings. The summed E-state index contributed by atoms with van der Waals surface area (Å²) in [5.74, 6) is -0.508. The third kappa shape index (κ3) is 4.55. The Morgan fingerprint density at radius 2 is 2.13 bits per heavy atom. The number of benzene rings is 1. The van der Waals surface area contributed by atoms with Crippen LogP contribution in [0, 0.1) is 0 Å². The molecule has 8 nitrogen and oxygen atoms in total. The molecule has 3 aromatic rings. The van der Waals surface area contributed by atoms with E-state index in [4.69, 9.17) is 4.74 Å². The molecule has 4 rings (SSSR count). The summed E-state index contributed by atoms with van der Waals surface area (Å²) >= 11 is 0. The van der Waals surface area contributed by atoms with Gasteiger partial charge in [-0.05, 0) is 31.0 Å². The molecule has 2 N–H and O–H groups in total. The van der Waals surface area contributed by atoms with Crippen molar-refractivity contribution in [1.82, 2.24) is 19.9 Å². The van der Waals surface area contributed by atoms with Gasteiger partial charge in [-0.3, -0.25) is 4.79 Å². The number of amides is 1. The van der Waals surface area contributed by atoms with Gasteiger partial charge in [0, 0.05) is 17.8 Å². The summed E-state index contributed by atoms with van der Waals surface area (Å²) in [6.07, 6.45) is -2.88. The van der Waals surface area contributed by atoms with Crippen molar-refractivity contribution >= 4 is 23.1 Å². The molecular weight excluding hydrogens is 415 g/mol. The lowest BCUT2D eigenvalue weighted by molar-refractivity contribution is -0.274. The van der Waals surface area contributed by atoms with Gasteiger partial charge in [0.2, 0.25) is 0 Å². The fourth-order valence-electron chi connectivity index (χ4n) is 3.31. The summed E-state index contributed by atoms with van der Waals surface area (Å²) < 4.78 is 50.0. The molecule has 11 heteroatoms. The molecule has 0 spiro atoms. The predicted molar refractivity (Wildman–Crippen MR) is 105 cm³/mol. The minimum absolute atomic E-state index is 0.0768. The van der Waals surface area contributed by atoms with E-state index >= 15 is 0 Å². The van der Waals surface area contributed by atoms with Crippen molar-refractivity contribution in [2.75, 3.05) is 11.9 Å². The SMILES string of the molecule is CCc1cc2nc3c(cnn13)C(=O)N[C@H](C)COCc1ccc(OC(F)(F)F)c(c1)N2. The first-order valence-electron chi connectivity index (χ1n) is 9.65. The number of nitrogens with zero attached hydrogens (tertiary/aromatic N) is 3. The van der Waals surface area contributed by atoms with Gasteiger partial charge in [-0.1, -0.05) is 13.0 Å². The Hall–Kier alpha value is -3.34. The smallest absolute Gasteiger partial charge is 0.404 e. The van der Waals surface area contributed by atoms with Gasteiger partial charge in [-0.15, -0.1) is 13.2 Å². The summed E-state index contributed by atoms with van der Waals surface area (Å²) in [6.45, 7) is 4.05. The van der Waals surface area contributed by atoms with E-state index in [0.29, 0.717) is 17.6 Å². The maximum absolute atomic E-state index is 12.9. The average molecular weight is 435 g/mol. The number of carbonyl (C=O) groups excluding carboxylic acids is 1. The van der Waals surface area contributed by atoms with Crippen LogP contribution in [0.5, 0.6) is 5.75 Å². The summed E-state index contributed by atoms with van der Waals surface area (Å²) in [7, 11) is 0. The molecule has 1 aromatic carbocycles. The Bertz CT molecular complexity index is 1130. The largest absolute Gasteiger partial charge is 0.573 e. The minimum atomic E-state index is -4.85. The van der Waals surface area contributed by atoms with E-state index in [1.807, 2.05) is 6.92 Å². The van der Waals surface area contributed by atoms with Gasteiger partial charge >= 0.3 is 6.36 Å². The van der Waals surface area contributed by atoms with Crippen molar-refractivity contribution in [2.45, 2.75) is 39.3 Å². The Morgan fingerprint density at radius 3 is 2.87 bits per heavy atom. The van der Waals surface area contributed by atoms with Crippen LogP contribution in [0.2, 0.25) is 0 Å².